The van der Waals surface area contributed by atoms with Crippen LogP contribution in [-0.4, -0.2) is 45.4 Å². The van der Waals surface area contributed by atoms with E-state index >= 15 is 0 Å². The molecule has 16 heavy (non-hydrogen) atoms. The highest BCUT2D eigenvalue weighted by atomic mass is 32.2. The van der Waals surface area contributed by atoms with E-state index in [-0.39, 0.29) is 0 Å². The van der Waals surface area contributed by atoms with Crippen molar-refractivity contribution in [3.63, 3.8) is 0 Å². The summed E-state index contributed by atoms with van der Waals surface area (Å²) in [7, 11) is -3.24. The van der Waals surface area contributed by atoms with Gasteiger partial charge in [0, 0.05) is 32.7 Å². The van der Waals surface area contributed by atoms with Crippen molar-refractivity contribution in [1.29, 1.82) is 0 Å². The molecular formula is C10H23N3O2S. The minimum Gasteiger partial charge on any atom is -0.314 e. The SMILES string of the molecule is CC(C)CCCNS(=O)(=O)N1CCNCC1. The van der Waals surface area contributed by atoms with Crippen molar-refractivity contribution in [2.24, 2.45) is 5.92 Å². The van der Waals surface area contributed by atoms with Gasteiger partial charge in [0.2, 0.25) is 0 Å². The Balaban J connectivity index is 2.27. The Bertz CT molecular complexity index is 284. The van der Waals surface area contributed by atoms with Gasteiger partial charge in [0.05, 0.1) is 0 Å². The lowest BCUT2D eigenvalue weighted by Crippen LogP contribution is -2.50. The van der Waals surface area contributed by atoms with E-state index < -0.39 is 10.2 Å². The molecule has 0 aromatic rings. The summed E-state index contributed by atoms with van der Waals surface area (Å²) in [5.41, 5.74) is 0. The van der Waals surface area contributed by atoms with Gasteiger partial charge in [0.25, 0.3) is 10.2 Å². The van der Waals surface area contributed by atoms with Crippen LogP contribution in [0.2, 0.25) is 0 Å². The predicted molar refractivity (Wildman–Crippen MR) is 65.4 cm³/mol. The molecule has 0 aromatic carbocycles. The van der Waals surface area contributed by atoms with Crippen LogP contribution in [0.15, 0.2) is 0 Å². The molecule has 0 atom stereocenters. The van der Waals surface area contributed by atoms with E-state index in [0.29, 0.717) is 25.6 Å². The molecule has 2 N–H and O–H groups in total. The third-order valence-electron chi connectivity index (χ3n) is 2.66. The standard InChI is InChI=1S/C10H23N3O2S/c1-10(2)4-3-5-12-16(14,15)13-8-6-11-7-9-13/h10-12H,3-9H2,1-2H3. The van der Waals surface area contributed by atoms with Crippen molar-refractivity contribution in [1.82, 2.24) is 14.3 Å². The molecule has 0 saturated carbocycles. The second-order valence-corrected chi connectivity index (χ2v) is 6.34. The van der Waals surface area contributed by atoms with Crippen molar-refractivity contribution >= 4 is 10.2 Å². The van der Waals surface area contributed by atoms with E-state index in [2.05, 4.69) is 23.9 Å². The van der Waals surface area contributed by atoms with Crippen LogP contribution in [0.3, 0.4) is 0 Å². The first-order valence-corrected chi connectivity index (χ1v) is 7.42. The summed E-state index contributed by atoms with van der Waals surface area (Å²) in [6.07, 6.45) is 1.97. The molecule has 1 fully saturated rings. The maximum Gasteiger partial charge on any atom is 0.279 e. The van der Waals surface area contributed by atoms with E-state index in [4.69, 9.17) is 0 Å². The summed E-state index contributed by atoms with van der Waals surface area (Å²) < 4.78 is 27.8. The van der Waals surface area contributed by atoms with Gasteiger partial charge in [0.1, 0.15) is 0 Å². The first kappa shape index (κ1) is 13.9. The Hall–Kier alpha value is -0.170. The van der Waals surface area contributed by atoms with Gasteiger partial charge in [-0.3, -0.25) is 0 Å². The van der Waals surface area contributed by atoms with Crippen LogP contribution in [0.4, 0.5) is 0 Å². The summed E-state index contributed by atoms with van der Waals surface area (Å²) in [6.45, 7) is 7.46. The summed E-state index contributed by atoms with van der Waals surface area (Å²) in [5.74, 6) is 0.628. The molecule has 5 nitrogen and oxygen atoms in total. The molecule has 0 radical (unpaired) electrons. The van der Waals surface area contributed by atoms with Gasteiger partial charge in [-0.25, -0.2) is 4.72 Å². The molecule has 96 valence electrons. The third-order valence-corrected chi connectivity index (χ3v) is 4.27. The lowest BCUT2D eigenvalue weighted by molar-refractivity contribution is 0.354. The number of piperazine rings is 1. The minimum atomic E-state index is -3.24. The highest BCUT2D eigenvalue weighted by molar-refractivity contribution is 7.87. The predicted octanol–water partition coefficient (Wildman–Crippen LogP) is 0.162. The first-order chi connectivity index (χ1) is 7.52. The van der Waals surface area contributed by atoms with Crippen molar-refractivity contribution in [3.8, 4) is 0 Å². The second kappa shape index (κ2) is 6.54. The van der Waals surface area contributed by atoms with Gasteiger partial charge in [0.15, 0.2) is 0 Å². The minimum absolute atomic E-state index is 0.546. The van der Waals surface area contributed by atoms with Gasteiger partial charge < -0.3 is 5.32 Å². The molecular weight excluding hydrogens is 226 g/mol. The van der Waals surface area contributed by atoms with E-state index in [9.17, 15) is 8.42 Å². The summed E-state index contributed by atoms with van der Waals surface area (Å²) in [5, 5.41) is 3.14. The van der Waals surface area contributed by atoms with Gasteiger partial charge >= 0.3 is 0 Å². The Morgan fingerprint density at radius 1 is 1.31 bits per heavy atom. The smallest absolute Gasteiger partial charge is 0.279 e. The molecule has 0 bridgehead atoms. The molecule has 1 heterocycles. The lowest BCUT2D eigenvalue weighted by Gasteiger charge is -2.26. The van der Waals surface area contributed by atoms with Crippen molar-refractivity contribution < 1.29 is 8.42 Å². The van der Waals surface area contributed by atoms with Crippen LogP contribution in [0.1, 0.15) is 26.7 Å². The van der Waals surface area contributed by atoms with Crippen LogP contribution in [0.5, 0.6) is 0 Å². The van der Waals surface area contributed by atoms with E-state index in [1.165, 1.54) is 4.31 Å². The number of rotatable bonds is 6. The van der Waals surface area contributed by atoms with Gasteiger partial charge in [-0.2, -0.15) is 12.7 Å². The van der Waals surface area contributed by atoms with Gasteiger partial charge in [-0.05, 0) is 18.8 Å². The number of nitrogens with zero attached hydrogens (tertiary/aromatic N) is 1. The van der Waals surface area contributed by atoms with E-state index in [0.717, 1.165) is 25.9 Å². The number of hydrogen-bond donors (Lipinski definition) is 2. The third kappa shape index (κ3) is 4.78. The normalized spacial score (nSPS) is 19.2. The quantitative estimate of drug-likeness (QED) is 0.659. The highest BCUT2D eigenvalue weighted by Gasteiger charge is 2.22. The molecule has 6 heteroatoms. The average Bonchev–Trinajstić information content (AvgIpc) is 2.26. The molecule has 0 spiro atoms. The first-order valence-electron chi connectivity index (χ1n) is 5.98. The fourth-order valence-corrected chi connectivity index (χ4v) is 2.94. The van der Waals surface area contributed by atoms with E-state index in [1.54, 1.807) is 0 Å². The summed E-state index contributed by atoms with van der Waals surface area (Å²) in [6, 6.07) is 0. The molecule has 1 aliphatic heterocycles. The second-order valence-electron chi connectivity index (χ2n) is 4.58. The van der Waals surface area contributed by atoms with Gasteiger partial charge in [-0.15, -0.1) is 0 Å². The Labute approximate surface area is 98.8 Å². The fourth-order valence-electron chi connectivity index (χ4n) is 1.69. The molecule has 1 rings (SSSR count). The van der Waals surface area contributed by atoms with Crippen molar-refractivity contribution in [3.05, 3.63) is 0 Å². The maximum atomic E-state index is 11.8. The number of nitrogens with one attached hydrogen (secondary N) is 2. The summed E-state index contributed by atoms with van der Waals surface area (Å²) in [4.78, 5) is 0. The molecule has 1 aliphatic rings. The van der Waals surface area contributed by atoms with Crippen LogP contribution in [-0.2, 0) is 10.2 Å². The Morgan fingerprint density at radius 3 is 2.50 bits per heavy atom. The van der Waals surface area contributed by atoms with Gasteiger partial charge in [-0.1, -0.05) is 13.8 Å². The zero-order valence-electron chi connectivity index (χ0n) is 10.2. The molecule has 0 unspecified atom stereocenters. The molecule has 0 amide bonds. The molecule has 0 aliphatic carbocycles. The number of hydrogen-bond acceptors (Lipinski definition) is 3. The molecule has 0 aromatic heterocycles. The topological polar surface area (TPSA) is 61.4 Å². The van der Waals surface area contributed by atoms with Crippen LogP contribution in [0, 0.1) is 5.92 Å². The van der Waals surface area contributed by atoms with Crippen molar-refractivity contribution in [2.75, 3.05) is 32.7 Å². The average molecular weight is 249 g/mol. The van der Waals surface area contributed by atoms with Crippen LogP contribution < -0.4 is 10.0 Å². The zero-order valence-corrected chi connectivity index (χ0v) is 11.0. The largest absolute Gasteiger partial charge is 0.314 e. The summed E-state index contributed by atoms with van der Waals surface area (Å²) >= 11 is 0. The monoisotopic (exact) mass is 249 g/mol. The Morgan fingerprint density at radius 2 is 1.94 bits per heavy atom. The Kier molecular flexibility index (Phi) is 5.68. The molecule has 1 saturated heterocycles. The fraction of sp³-hybridized carbons (Fsp3) is 1.00. The van der Waals surface area contributed by atoms with Crippen molar-refractivity contribution in [2.45, 2.75) is 26.7 Å². The maximum absolute atomic E-state index is 11.8. The zero-order chi connectivity index (χ0) is 12.0. The lowest BCUT2D eigenvalue weighted by atomic mass is 10.1. The highest BCUT2D eigenvalue weighted by Crippen LogP contribution is 2.04. The van der Waals surface area contributed by atoms with E-state index in [1.807, 2.05) is 0 Å². The van der Waals surface area contributed by atoms with Crippen LogP contribution >= 0.6 is 0 Å². The van der Waals surface area contributed by atoms with Crippen LogP contribution in [0.25, 0.3) is 0 Å².